The number of rotatable bonds is 1. The average Bonchev–Trinajstić information content (AvgIpc) is 2.54. The highest BCUT2D eigenvalue weighted by atomic mass is 16.2. The third-order valence-corrected chi connectivity index (χ3v) is 1.46. The van der Waals surface area contributed by atoms with E-state index in [0.29, 0.717) is 5.82 Å². The summed E-state index contributed by atoms with van der Waals surface area (Å²) in [7, 11) is 0. The summed E-state index contributed by atoms with van der Waals surface area (Å²) in [6.45, 7) is 0.191. The van der Waals surface area contributed by atoms with Gasteiger partial charge in [0.25, 0.3) is 5.91 Å². The first-order valence-electron chi connectivity index (χ1n) is 3.49. The van der Waals surface area contributed by atoms with Gasteiger partial charge in [-0.15, -0.1) is 0 Å². The smallest absolute Gasteiger partial charge is 0.269 e. The summed E-state index contributed by atoms with van der Waals surface area (Å²) in [5.74, 6) is 0.410. The molecule has 0 unspecified atom stereocenters. The van der Waals surface area contributed by atoms with Crippen molar-refractivity contribution >= 4 is 11.7 Å². The molecule has 0 N–H and O–H groups in total. The quantitative estimate of drug-likeness (QED) is 0.613. The zero-order valence-electron chi connectivity index (χ0n) is 6.21. The Kier molecular flexibility index (Phi) is 1.55. The van der Waals surface area contributed by atoms with Crippen LogP contribution in [0.15, 0.2) is 34.7 Å². The molecule has 1 aliphatic rings. The van der Waals surface area contributed by atoms with Crippen LogP contribution in [0, 0.1) is 0 Å². The van der Waals surface area contributed by atoms with Crippen LogP contribution in [0.5, 0.6) is 0 Å². The van der Waals surface area contributed by atoms with Crippen LogP contribution in [-0.4, -0.2) is 17.4 Å². The van der Waals surface area contributed by atoms with Crippen LogP contribution in [0.2, 0.25) is 0 Å². The van der Waals surface area contributed by atoms with Gasteiger partial charge in [0.05, 0.1) is 0 Å². The van der Waals surface area contributed by atoms with Gasteiger partial charge in [0.1, 0.15) is 6.54 Å². The molecule has 12 heavy (non-hydrogen) atoms. The third kappa shape index (κ3) is 1.16. The van der Waals surface area contributed by atoms with Crippen molar-refractivity contribution in [2.75, 3.05) is 11.6 Å². The van der Waals surface area contributed by atoms with Crippen LogP contribution in [-0.2, 0) is 4.79 Å². The van der Waals surface area contributed by atoms with Gasteiger partial charge in [-0.2, -0.15) is 0 Å². The largest absolute Gasteiger partial charge is 0.287 e. The fourth-order valence-electron chi connectivity index (χ4n) is 0.928. The predicted molar refractivity (Wildman–Crippen MR) is 41.4 cm³/mol. The molecule has 2 rings (SSSR count). The number of nitrogens with zero attached hydrogens (tertiary/aromatic N) is 4. The van der Waals surface area contributed by atoms with Crippen molar-refractivity contribution in [2.45, 2.75) is 0 Å². The number of carbonyl (C=O) groups is 1. The standard InChI is InChI=1S/C7H6N4O/c12-7-5-11(10-9-7)6-3-1-2-4-8-6/h1-4H,5H2. The van der Waals surface area contributed by atoms with Crippen LogP contribution >= 0.6 is 0 Å². The van der Waals surface area contributed by atoms with Crippen molar-refractivity contribution < 1.29 is 4.79 Å². The van der Waals surface area contributed by atoms with E-state index in [4.69, 9.17) is 0 Å². The van der Waals surface area contributed by atoms with Gasteiger partial charge < -0.3 is 0 Å². The van der Waals surface area contributed by atoms with Gasteiger partial charge >= 0.3 is 0 Å². The first-order chi connectivity index (χ1) is 5.86. The molecule has 5 nitrogen and oxygen atoms in total. The van der Waals surface area contributed by atoms with E-state index in [-0.39, 0.29) is 12.5 Å². The average molecular weight is 162 g/mol. The summed E-state index contributed by atoms with van der Waals surface area (Å²) in [5, 5.41) is 8.46. The van der Waals surface area contributed by atoms with Crippen molar-refractivity contribution in [2.24, 2.45) is 10.3 Å². The van der Waals surface area contributed by atoms with Gasteiger partial charge in [-0.3, -0.25) is 4.79 Å². The SMILES string of the molecule is O=C1CN(c2ccccn2)N=N1. The number of pyridine rings is 1. The van der Waals surface area contributed by atoms with E-state index in [0.717, 1.165) is 0 Å². The summed E-state index contributed by atoms with van der Waals surface area (Å²) in [6, 6.07) is 5.41. The lowest BCUT2D eigenvalue weighted by Gasteiger charge is -2.07. The van der Waals surface area contributed by atoms with E-state index in [1.54, 1.807) is 18.3 Å². The lowest BCUT2D eigenvalue weighted by Crippen LogP contribution is -2.17. The molecule has 0 saturated carbocycles. The molecule has 0 aliphatic carbocycles. The summed E-state index contributed by atoms with van der Waals surface area (Å²) < 4.78 is 0. The molecule has 0 bridgehead atoms. The Morgan fingerprint density at radius 3 is 2.92 bits per heavy atom. The van der Waals surface area contributed by atoms with Crippen molar-refractivity contribution in [1.82, 2.24) is 4.98 Å². The lowest BCUT2D eigenvalue weighted by molar-refractivity contribution is -0.116. The minimum atomic E-state index is -0.236. The highest BCUT2D eigenvalue weighted by Gasteiger charge is 2.17. The zero-order valence-corrected chi connectivity index (χ0v) is 6.21. The Hall–Kier alpha value is -1.78. The molecule has 0 spiro atoms. The molecule has 0 saturated heterocycles. The Bertz CT molecular complexity index is 321. The third-order valence-electron chi connectivity index (χ3n) is 1.46. The summed E-state index contributed by atoms with van der Waals surface area (Å²) in [5.41, 5.74) is 0. The van der Waals surface area contributed by atoms with Crippen molar-refractivity contribution in [3.8, 4) is 0 Å². The van der Waals surface area contributed by atoms with Crippen LogP contribution < -0.4 is 5.01 Å². The maximum absolute atomic E-state index is 10.7. The van der Waals surface area contributed by atoms with Crippen LogP contribution in [0.25, 0.3) is 0 Å². The monoisotopic (exact) mass is 162 g/mol. The number of anilines is 1. The molecule has 1 aromatic heterocycles. The molecule has 0 aromatic carbocycles. The first kappa shape index (κ1) is 6.90. The number of hydrogen-bond acceptors (Lipinski definition) is 4. The molecule has 1 aromatic rings. The Balaban J connectivity index is 2.23. The lowest BCUT2D eigenvalue weighted by atomic mass is 10.4. The summed E-state index contributed by atoms with van der Waals surface area (Å²) in [6.07, 6.45) is 1.65. The molecule has 1 aliphatic heterocycles. The second kappa shape index (κ2) is 2.69. The Labute approximate surface area is 68.7 Å². The van der Waals surface area contributed by atoms with Gasteiger partial charge in [-0.25, -0.2) is 9.99 Å². The minimum absolute atomic E-state index is 0.191. The Morgan fingerprint density at radius 2 is 2.33 bits per heavy atom. The van der Waals surface area contributed by atoms with Crippen molar-refractivity contribution in [3.63, 3.8) is 0 Å². The van der Waals surface area contributed by atoms with Gasteiger partial charge in [0, 0.05) is 6.20 Å². The normalized spacial score (nSPS) is 15.7. The molecule has 5 heteroatoms. The molecule has 1 amide bonds. The molecule has 0 atom stereocenters. The fraction of sp³-hybridized carbons (Fsp3) is 0.143. The van der Waals surface area contributed by atoms with Crippen molar-refractivity contribution in [1.29, 1.82) is 0 Å². The molecular formula is C7H6N4O. The zero-order chi connectivity index (χ0) is 8.39. The maximum Gasteiger partial charge on any atom is 0.287 e. The van der Waals surface area contributed by atoms with Crippen LogP contribution in [0.1, 0.15) is 0 Å². The Morgan fingerprint density at radius 1 is 1.42 bits per heavy atom. The van der Waals surface area contributed by atoms with Gasteiger partial charge in [0.15, 0.2) is 5.82 Å². The summed E-state index contributed by atoms with van der Waals surface area (Å²) >= 11 is 0. The second-order valence-corrected chi connectivity index (χ2v) is 2.33. The molecule has 60 valence electrons. The van der Waals surface area contributed by atoms with Crippen LogP contribution in [0.4, 0.5) is 5.82 Å². The highest BCUT2D eigenvalue weighted by Crippen LogP contribution is 2.13. The predicted octanol–water partition coefficient (Wildman–Crippen LogP) is 0.795. The van der Waals surface area contributed by atoms with Gasteiger partial charge in [0.2, 0.25) is 0 Å². The number of carbonyl (C=O) groups excluding carboxylic acids is 1. The van der Waals surface area contributed by atoms with E-state index >= 15 is 0 Å². The molecule has 0 radical (unpaired) electrons. The molecule has 0 fully saturated rings. The van der Waals surface area contributed by atoms with E-state index in [9.17, 15) is 4.79 Å². The minimum Gasteiger partial charge on any atom is -0.269 e. The maximum atomic E-state index is 10.7. The fourth-order valence-corrected chi connectivity index (χ4v) is 0.928. The van der Waals surface area contributed by atoms with Gasteiger partial charge in [-0.1, -0.05) is 16.4 Å². The van der Waals surface area contributed by atoms with E-state index in [1.807, 2.05) is 6.07 Å². The van der Waals surface area contributed by atoms with Crippen molar-refractivity contribution in [3.05, 3.63) is 24.4 Å². The molecule has 2 heterocycles. The second-order valence-electron chi connectivity index (χ2n) is 2.33. The first-order valence-corrected chi connectivity index (χ1v) is 3.49. The number of hydrogen-bond donors (Lipinski definition) is 0. The van der Waals surface area contributed by atoms with Crippen LogP contribution in [0.3, 0.4) is 0 Å². The van der Waals surface area contributed by atoms with E-state index in [2.05, 4.69) is 15.3 Å². The summed E-state index contributed by atoms with van der Waals surface area (Å²) in [4.78, 5) is 14.7. The topological polar surface area (TPSA) is 57.9 Å². The number of amides is 1. The van der Waals surface area contributed by atoms with E-state index < -0.39 is 0 Å². The van der Waals surface area contributed by atoms with Gasteiger partial charge in [-0.05, 0) is 12.1 Å². The highest BCUT2D eigenvalue weighted by molar-refractivity contribution is 5.83. The molecular weight excluding hydrogens is 156 g/mol. The van der Waals surface area contributed by atoms with E-state index in [1.165, 1.54) is 5.01 Å². The number of aromatic nitrogens is 1.